The van der Waals surface area contributed by atoms with E-state index in [1.807, 2.05) is 12.4 Å². The summed E-state index contributed by atoms with van der Waals surface area (Å²) in [5.41, 5.74) is 5.30. The van der Waals surface area contributed by atoms with Gasteiger partial charge in [0.25, 0.3) is 0 Å². The topological polar surface area (TPSA) is 24.9 Å². The Balaban J connectivity index is 2.21. The molecule has 1 heterocycles. The Morgan fingerprint density at radius 2 is 1.95 bits per heavy atom. The maximum absolute atomic E-state index is 4.30. The fourth-order valence-electron chi connectivity index (χ4n) is 2.41. The van der Waals surface area contributed by atoms with Gasteiger partial charge in [0.15, 0.2) is 0 Å². The lowest BCUT2D eigenvalue weighted by Crippen LogP contribution is -2.24. The van der Waals surface area contributed by atoms with E-state index in [0.717, 1.165) is 23.9 Å². The Kier molecular flexibility index (Phi) is 5.95. The van der Waals surface area contributed by atoms with E-state index >= 15 is 0 Å². The third kappa shape index (κ3) is 4.65. The van der Waals surface area contributed by atoms with Crippen molar-refractivity contribution in [3.05, 3.63) is 63.4 Å². The first-order chi connectivity index (χ1) is 10.1. The van der Waals surface area contributed by atoms with Crippen LogP contribution in [0.15, 0.2) is 41.1 Å². The van der Waals surface area contributed by atoms with Crippen LogP contribution in [0.5, 0.6) is 0 Å². The van der Waals surface area contributed by atoms with Crippen molar-refractivity contribution < 1.29 is 0 Å². The first kappa shape index (κ1) is 16.2. The molecule has 2 rings (SSSR count). The average molecular weight is 347 g/mol. The molecule has 21 heavy (non-hydrogen) atoms. The number of halogens is 1. The lowest BCUT2D eigenvalue weighted by Gasteiger charge is -2.19. The molecule has 1 unspecified atom stereocenters. The van der Waals surface area contributed by atoms with E-state index in [1.165, 1.54) is 22.3 Å². The van der Waals surface area contributed by atoms with Crippen LogP contribution in [0.25, 0.3) is 0 Å². The number of hydrogen-bond acceptors (Lipinski definition) is 2. The molecule has 0 aliphatic heterocycles. The third-order valence-electron chi connectivity index (χ3n) is 3.78. The first-order valence-corrected chi connectivity index (χ1v) is 8.29. The van der Waals surface area contributed by atoms with Crippen LogP contribution in [0.1, 0.15) is 41.6 Å². The van der Waals surface area contributed by atoms with Gasteiger partial charge in [-0.1, -0.05) is 25.1 Å². The summed E-state index contributed by atoms with van der Waals surface area (Å²) in [6.45, 7) is 7.54. The Bertz CT molecular complexity index is 596. The highest BCUT2D eigenvalue weighted by atomic mass is 79.9. The lowest BCUT2D eigenvalue weighted by molar-refractivity contribution is 0.527. The fourth-order valence-corrected chi connectivity index (χ4v) is 2.79. The molecule has 0 aliphatic carbocycles. The monoisotopic (exact) mass is 346 g/mol. The highest BCUT2D eigenvalue weighted by molar-refractivity contribution is 9.10. The zero-order valence-corrected chi connectivity index (χ0v) is 14.6. The summed E-state index contributed by atoms with van der Waals surface area (Å²) in [4.78, 5) is 4.30. The van der Waals surface area contributed by atoms with Gasteiger partial charge >= 0.3 is 0 Å². The molecule has 2 nitrogen and oxygen atoms in total. The van der Waals surface area contributed by atoms with Crippen LogP contribution < -0.4 is 5.32 Å². The first-order valence-electron chi connectivity index (χ1n) is 7.50. The second-order valence-corrected chi connectivity index (χ2v) is 6.48. The SMILES string of the molecule is CCCNC(Cc1ccc(C)c(C)c1)c1cncc(Br)c1. The molecule has 1 aromatic heterocycles. The summed E-state index contributed by atoms with van der Waals surface area (Å²) in [5.74, 6) is 0. The summed E-state index contributed by atoms with van der Waals surface area (Å²) in [6, 6.07) is 9.19. The minimum Gasteiger partial charge on any atom is -0.310 e. The van der Waals surface area contributed by atoms with Crippen molar-refractivity contribution in [2.24, 2.45) is 0 Å². The van der Waals surface area contributed by atoms with Gasteiger partial charge in [0.1, 0.15) is 0 Å². The summed E-state index contributed by atoms with van der Waals surface area (Å²) < 4.78 is 1.03. The van der Waals surface area contributed by atoms with Gasteiger partial charge in [-0.15, -0.1) is 0 Å². The predicted octanol–water partition coefficient (Wildman–Crippen LogP) is 4.74. The number of aromatic nitrogens is 1. The normalized spacial score (nSPS) is 12.4. The third-order valence-corrected chi connectivity index (χ3v) is 4.21. The van der Waals surface area contributed by atoms with E-state index in [4.69, 9.17) is 0 Å². The largest absolute Gasteiger partial charge is 0.310 e. The van der Waals surface area contributed by atoms with Gasteiger partial charge in [-0.3, -0.25) is 4.98 Å². The molecular weight excluding hydrogens is 324 g/mol. The van der Waals surface area contributed by atoms with Gasteiger partial charge in [0.2, 0.25) is 0 Å². The second kappa shape index (κ2) is 7.71. The number of rotatable bonds is 6. The van der Waals surface area contributed by atoms with Crippen LogP contribution >= 0.6 is 15.9 Å². The molecule has 0 bridgehead atoms. The number of benzene rings is 1. The zero-order valence-electron chi connectivity index (χ0n) is 13.0. The fraction of sp³-hybridized carbons (Fsp3) is 0.389. The van der Waals surface area contributed by atoms with Crippen LogP contribution in [0.2, 0.25) is 0 Å². The molecule has 1 atom stereocenters. The minimum atomic E-state index is 0.303. The van der Waals surface area contributed by atoms with Gasteiger partial charge in [0.05, 0.1) is 0 Å². The molecule has 2 aromatic rings. The van der Waals surface area contributed by atoms with E-state index in [2.05, 4.69) is 71.3 Å². The molecule has 112 valence electrons. The van der Waals surface area contributed by atoms with E-state index in [1.54, 1.807) is 0 Å². The van der Waals surface area contributed by atoms with Crippen molar-refractivity contribution in [2.75, 3.05) is 6.54 Å². The Labute approximate surface area is 136 Å². The van der Waals surface area contributed by atoms with Crippen molar-refractivity contribution in [2.45, 2.75) is 39.7 Å². The molecule has 1 aromatic carbocycles. The lowest BCUT2D eigenvalue weighted by atomic mass is 9.97. The number of hydrogen-bond donors (Lipinski definition) is 1. The molecule has 0 aliphatic rings. The second-order valence-electron chi connectivity index (χ2n) is 5.57. The van der Waals surface area contributed by atoms with Crippen molar-refractivity contribution in [3.8, 4) is 0 Å². The number of aryl methyl sites for hydroxylation is 2. The van der Waals surface area contributed by atoms with Crippen LogP contribution in [0, 0.1) is 13.8 Å². The summed E-state index contributed by atoms with van der Waals surface area (Å²) in [5, 5.41) is 3.63. The number of nitrogens with one attached hydrogen (secondary N) is 1. The van der Waals surface area contributed by atoms with Crippen LogP contribution in [-0.2, 0) is 6.42 Å². The van der Waals surface area contributed by atoms with Gasteiger partial charge in [-0.2, -0.15) is 0 Å². The van der Waals surface area contributed by atoms with E-state index < -0.39 is 0 Å². The van der Waals surface area contributed by atoms with Crippen molar-refractivity contribution in [3.63, 3.8) is 0 Å². The standard InChI is InChI=1S/C18H23BrN2/c1-4-7-21-18(16-10-17(19)12-20-11-16)9-15-6-5-13(2)14(3)8-15/h5-6,8,10-12,18,21H,4,7,9H2,1-3H3. The van der Waals surface area contributed by atoms with Crippen LogP contribution in [-0.4, -0.2) is 11.5 Å². The predicted molar refractivity (Wildman–Crippen MR) is 92.6 cm³/mol. The molecule has 0 saturated heterocycles. The quantitative estimate of drug-likeness (QED) is 0.816. The van der Waals surface area contributed by atoms with Crippen molar-refractivity contribution in [1.29, 1.82) is 0 Å². The molecule has 0 spiro atoms. The minimum absolute atomic E-state index is 0.303. The smallest absolute Gasteiger partial charge is 0.0410 e. The Morgan fingerprint density at radius 3 is 2.62 bits per heavy atom. The average Bonchev–Trinajstić information content (AvgIpc) is 2.47. The maximum Gasteiger partial charge on any atom is 0.0410 e. The molecule has 0 radical (unpaired) electrons. The molecule has 1 N–H and O–H groups in total. The molecule has 0 saturated carbocycles. The van der Waals surface area contributed by atoms with Gasteiger partial charge in [-0.25, -0.2) is 0 Å². The van der Waals surface area contributed by atoms with E-state index in [-0.39, 0.29) is 0 Å². The molecule has 3 heteroatoms. The number of nitrogens with zero attached hydrogens (tertiary/aromatic N) is 1. The van der Waals surface area contributed by atoms with Gasteiger partial charge in [0, 0.05) is 22.9 Å². The summed E-state index contributed by atoms with van der Waals surface area (Å²) in [6.07, 6.45) is 5.90. The zero-order chi connectivity index (χ0) is 15.2. The Morgan fingerprint density at radius 1 is 1.14 bits per heavy atom. The molecular formula is C18H23BrN2. The molecule has 0 amide bonds. The Hall–Kier alpha value is -1.19. The summed E-state index contributed by atoms with van der Waals surface area (Å²) in [7, 11) is 0. The molecule has 0 fully saturated rings. The number of pyridine rings is 1. The summed E-state index contributed by atoms with van der Waals surface area (Å²) >= 11 is 3.51. The van der Waals surface area contributed by atoms with Crippen molar-refractivity contribution >= 4 is 15.9 Å². The van der Waals surface area contributed by atoms with Crippen LogP contribution in [0.3, 0.4) is 0 Å². The van der Waals surface area contributed by atoms with E-state index in [0.29, 0.717) is 6.04 Å². The van der Waals surface area contributed by atoms with Gasteiger partial charge < -0.3 is 5.32 Å². The van der Waals surface area contributed by atoms with E-state index in [9.17, 15) is 0 Å². The van der Waals surface area contributed by atoms with Gasteiger partial charge in [-0.05, 0) is 77.5 Å². The van der Waals surface area contributed by atoms with Crippen molar-refractivity contribution in [1.82, 2.24) is 10.3 Å². The highest BCUT2D eigenvalue weighted by Crippen LogP contribution is 2.22. The highest BCUT2D eigenvalue weighted by Gasteiger charge is 2.13. The van der Waals surface area contributed by atoms with Crippen LogP contribution in [0.4, 0.5) is 0 Å². The maximum atomic E-state index is 4.30.